The zero-order valence-electron chi connectivity index (χ0n) is 8.51. The number of benzene rings is 2. The molecule has 0 atom stereocenters. The van der Waals surface area contributed by atoms with Gasteiger partial charge in [-0.25, -0.2) is 4.79 Å². The van der Waals surface area contributed by atoms with Crippen LogP contribution in [0.1, 0.15) is 15.9 Å². The third kappa shape index (κ3) is 1.67. The molecule has 3 heteroatoms. The van der Waals surface area contributed by atoms with Crippen LogP contribution in [0.5, 0.6) is 0 Å². The fourth-order valence-corrected chi connectivity index (χ4v) is 1.84. The predicted octanol–water partition coefficient (Wildman–Crippen LogP) is 2.28. The molecule has 3 nitrogen and oxygen atoms in total. The molecule has 0 saturated carbocycles. The number of rotatable bonds is 3. The first-order valence-electron chi connectivity index (χ1n) is 4.91. The van der Waals surface area contributed by atoms with Crippen molar-refractivity contribution >= 4 is 23.0 Å². The van der Waals surface area contributed by atoms with E-state index >= 15 is 0 Å². The molecule has 0 aromatic heterocycles. The number of carboxylic acid groups (broad SMARTS) is 1. The predicted molar refractivity (Wildman–Crippen MR) is 60.7 cm³/mol. The number of hydrogen-bond acceptors (Lipinski definition) is 2. The summed E-state index contributed by atoms with van der Waals surface area (Å²) < 4.78 is 0. The summed E-state index contributed by atoms with van der Waals surface area (Å²) in [4.78, 5) is 21.6. The molecule has 0 aliphatic rings. The minimum Gasteiger partial charge on any atom is -0.478 e. The first kappa shape index (κ1) is 10.4. The number of hydrogen-bond donors (Lipinski definition) is 1. The zero-order chi connectivity index (χ0) is 11.5. The van der Waals surface area contributed by atoms with Crippen LogP contribution in [0.3, 0.4) is 0 Å². The van der Waals surface area contributed by atoms with Crippen molar-refractivity contribution in [1.29, 1.82) is 0 Å². The second-order valence-corrected chi connectivity index (χ2v) is 3.49. The van der Waals surface area contributed by atoms with Gasteiger partial charge in [-0.15, -0.1) is 0 Å². The first-order chi connectivity index (χ1) is 7.74. The van der Waals surface area contributed by atoms with Gasteiger partial charge in [-0.1, -0.05) is 30.3 Å². The van der Waals surface area contributed by atoms with Crippen molar-refractivity contribution in [1.82, 2.24) is 0 Å². The average Bonchev–Trinajstić information content (AvgIpc) is 2.29. The third-order valence-corrected chi connectivity index (χ3v) is 2.56. The molecule has 0 heterocycles. The summed E-state index contributed by atoms with van der Waals surface area (Å²) >= 11 is 0. The molecule has 16 heavy (non-hydrogen) atoms. The quantitative estimate of drug-likeness (QED) is 0.797. The lowest BCUT2D eigenvalue weighted by Crippen LogP contribution is -2.03. The van der Waals surface area contributed by atoms with Crippen molar-refractivity contribution in [3.63, 3.8) is 0 Å². The summed E-state index contributed by atoms with van der Waals surface area (Å²) in [7, 11) is 0. The number of fused-ring (bicyclic) bond motifs is 1. The summed E-state index contributed by atoms with van der Waals surface area (Å²) in [5.41, 5.74) is 0.784. The van der Waals surface area contributed by atoms with E-state index in [1.54, 1.807) is 12.1 Å². The van der Waals surface area contributed by atoms with Gasteiger partial charge in [0, 0.05) is 6.42 Å². The summed E-state index contributed by atoms with van der Waals surface area (Å²) in [6.07, 6.45) is 0.858. The molecule has 2 rings (SSSR count). The largest absolute Gasteiger partial charge is 0.478 e. The molecule has 80 valence electrons. The molecular formula is C13H10O3. The Labute approximate surface area is 92.3 Å². The second kappa shape index (κ2) is 4.14. The van der Waals surface area contributed by atoms with Gasteiger partial charge in [-0.3, -0.25) is 0 Å². The van der Waals surface area contributed by atoms with Crippen LogP contribution < -0.4 is 0 Å². The SMILES string of the molecule is O=CCc1c(C(=O)O)ccc2ccccc12. The molecule has 0 radical (unpaired) electrons. The van der Waals surface area contributed by atoms with E-state index in [2.05, 4.69) is 0 Å². The van der Waals surface area contributed by atoms with E-state index in [-0.39, 0.29) is 12.0 Å². The van der Waals surface area contributed by atoms with Gasteiger partial charge in [0.1, 0.15) is 6.29 Å². The Morgan fingerprint density at radius 3 is 2.62 bits per heavy atom. The highest BCUT2D eigenvalue weighted by Crippen LogP contribution is 2.22. The van der Waals surface area contributed by atoms with E-state index in [0.717, 1.165) is 17.1 Å². The Bertz CT molecular complexity index is 558. The van der Waals surface area contributed by atoms with Gasteiger partial charge in [-0.05, 0) is 22.4 Å². The molecule has 0 saturated heterocycles. The zero-order valence-corrected chi connectivity index (χ0v) is 8.51. The van der Waals surface area contributed by atoms with Crippen LogP contribution in [0.2, 0.25) is 0 Å². The monoisotopic (exact) mass is 214 g/mol. The molecular weight excluding hydrogens is 204 g/mol. The maximum atomic E-state index is 11.0. The van der Waals surface area contributed by atoms with Crippen molar-refractivity contribution in [2.75, 3.05) is 0 Å². The molecule has 0 unspecified atom stereocenters. The molecule has 0 bridgehead atoms. The van der Waals surface area contributed by atoms with Crippen molar-refractivity contribution < 1.29 is 14.7 Å². The van der Waals surface area contributed by atoms with E-state index in [0.29, 0.717) is 5.56 Å². The van der Waals surface area contributed by atoms with Gasteiger partial charge < -0.3 is 9.90 Å². The van der Waals surface area contributed by atoms with Crippen LogP contribution >= 0.6 is 0 Å². The fourth-order valence-electron chi connectivity index (χ4n) is 1.84. The van der Waals surface area contributed by atoms with Gasteiger partial charge in [0.2, 0.25) is 0 Å². The first-order valence-corrected chi connectivity index (χ1v) is 4.91. The molecule has 0 aliphatic heterocycles. The number of aromatic carboxylic acids is 1. The van der Waals surface area contributed by atoms with E-state index in [1.807, 2.05) is 24.3 Å². The van der Waals surface area contributed by atoms with Gasteiger partial charge in [0.25, 0.3) is 0 Å². The molecule has 2 aromatic carbocycles. The van der Waals surface area contributed by atoms with Gasteiger partial charge in [-0.2, -0.15) is 0 Å². The lowest BCUT2D eigenvalue weighted by atomic mass is 9.97. The van der Waals surface area contributed by atoms with Crippen molar-refractivity contribution in [3.05, 3.63) is 47.5 Å². The maximum absolute atomic E-state index is 11.0. The highest BCUT2D eigenvalue weighted by Gasteiger charge is 2.12. The summed E-state index contributed by atoms with van der Waals surface area (Å²) in [5.74, 6) is -0.998. The maximum Gasteiger partial charge on any atom is 0.335 e. The number of carboxylic acids is 1. The van der Waals surface area contributed by atoms with Crippen molar-refractivity contribution in [2.24, 2.45) is 0 Å². The second-order valence-electron chi connectivity index (χ2n) is 3.49. The van der Waals surface area contributed by atoms with E-state index in [4.69, 9.17) is 5.11 Å². The number of carbonyl (C=O) groups is 2. The molecule has 1 N–H and O–H groups in total. The van der Waals surface area contributed by atoms with E-state index in [1.165, 1.54) is 0 Å². The summed E-state index contributed by atoms with van der Waals surface area (Å²) in [5, 5.41) is 10.8. The number of aldehydes is 1. The van der Waals surface area contributed by atoms with Gasteiger partial charge >= 0.3 is 5.97 Å². The summed E-state index contributed by atoms with van der Waals surface area (Å²) in [6.45, 7) is 0. The highest BCUT2D eigenvalue weighted by atomic mass is 16.4. The van der Waals surface area contributed by atoms with Crippen LogP contribution in [-0.4, -0.2) is 17.4 Å². The molecule has 0 spiro atoms. The van der Waals surface area contributed by atoms with E-state index < -0.39 is 5.97 Å². The Balaban J connectivity index is 2.78. The van der Waals surface area contributed by atoms with Crippen LogP contribution in [0.4, 0.5) is 0 Å². The fraction of sp³-hybridized carbons (Fsp3) is 0.0769. The van der Waals surface area contributed by atoms with Crippen LogP contribution in [0.25, 0.3) is 10.8 Å². The van der Waals surface area contributed by atoms with Crippen molar-refractivity contribution in [3.8, 4) is 0 Å². The Morgan fingerprint density at radius 2 is 1.94 bits per heavy atom. The minimum atomic E-state index is -0.998. The molecule has 0 aliphatic carbocycles. The highest BCUT2D eigenvalue weighted by molar-refractivity contribution is 5.99. The standard InChI is InChI=1S/C13H10O3/c14-8-7-11-10-4-2-1-3-9(10)5-6-12(11)13(15)16/h1-6,8H,7H2,(H,15,16). The third-order valence-electron chi connectivity index (χ3n) is 2.56. The lowest BCUT2D eigenvalue weighted by molar-refractivity contribution is -0.107. The molecule has 2 aromatic rings. The van der Waals surface area contributed by atoms with Crippen molar-refractivity contribution in [2.45, 2.75) is 6.42 Å². The molecule has 0 fully saturated rings. The smallest absolute Gasteiger partial charge is 0.335 e. The van der Waals surface area contributed by atoms with Crippen LogP contribution in [-0.2, 0) is 11.2 Å². The minimum absolute atomic E-state index is 0.128. The molecule has 0 amide bonds. The topological polar surface area (TPSA) is 54.4 Å². The Hall–Kier alpha value is -2.16. The average molecular weight is 214 g/mol. The van der Waals surface area contributed by atoms with Gasteiger partial charge in [0.15, 0.2) is 0 Å². The Morgan fingerprint density at radius 1 is 1.19 bits per heavy atom. The van der Waals surface area contributed by atoms with Crippen LogP contribution in [0, 0.1) is 0 Å². The van der Waals surface area contributed by atoms with Crippen LogP contribution in [0.15, 0.2) is 36.4 Å². The normalized spacial score (nSPS) is 10.2. The Kier molecular flexibility index (Phi) is 2.68. The van der Waals surface area contributed by atoms with E-state index in [9.17, 15) is 9.59 Å². The summed E-state index contributed by atoms with van der Waals surface area (Å²) in [6, 6.07) is 10.8. The van der Waals surface area contributed by atoms with Gasteiger partial charge in [0.05, 0.1) is 5.56 Å². The number of carbonyl (C=O) groups excluding carboxylic acids is 1. The lowest BCUT2D eigenvalue weighted by Gasteiger charge is -2.07.